The van der Waals surface area contributed by atoms with Gasteiger partial charge in [-0.15, -0.1) is 0 Å². The lowest BCUT2D eigenvalue weighted by Gasteiger charge is -2.11. The molecule has 2 amide bonds. The largest absolute Gasteiger partial charge is 0.348 e. The van der Waals surface area contributed by atoms with E-state index in [1.54, 1.807) is 36.9 Å². The molecule has 3 N–H and O–H groups in total. The van der Waals surface area contributed by atoms with Crippen LogP contribution in [0.2, 0.25) is 0 Å². The number of imidazole rings is 1. The highest BCUT2D eigenvalue weighted by atomic mass is 16.2. The van der Waals surface area contributed by atoms with E-state index in [1.807, 2.05) is 19.1 Å². The number of aromatic nitrogens is 4. The predicted molar refractivity (Wildman–Crippen MR) is 92.0 cm³/mol. The van der Waals surface area contributed by atoms with Gasteiger partial charge in [-0.2, -0.15) is 0 Å². The first-order valence-corrected chi connectivity index (χ1v) is 7.58. The summed E-state index contributed by atoms with van der Waals surface area (Å²) in [4.78, 5) is 27.7. The number of pyridine rings is 2. The lowest BCUT2D eigenvalue weighted by Crippen LogP contribution is -2.20. The van der Waals surface area contributed by atoms with Gasteiger partial charge in [-0.25, -0.2) is 14.8 Å². The molecule has 0 fully saturated rings. The Kier molecular flexibility index (Phi) is 4.51. The highest BCUT2D eigenvalue weighted by molar-refractivity contribution is 5.98. The molecule has 3 heterocycles. The van der Waals surface area contributed by atoms with Crippen molar-refractivity contribution in [2.45, 2.75) is 19.8 Å². The lowest BCUT2D eigenvalue weighted by molar-refractivity contribution is 0.262. The summed E-state index contributed by atoms with van der Waals surface area (Å²) in [5, 5.41) is 5.39. The quantitative estimate of drug-likeness (QED) is 0.686. The predicted octanol–water partition coefficient (Wildman–Crippen LogP) is 3.30. The summed E-state index contributed by atoms with van der Waals surface area (Å²) < 4.78 is 0. The first kappa shape index (κ1) is 15.7. The smallest absolute Gasteiger partial charge is 0.324 e. The Balaban J connectivity index is 1.64. The van der Waals surface area contributed by atoms with Crippen LogP contribution in [0.25, 0.3) is 0 Å². The molecule has 0 aliphatic heterocycles. The molecule has 3 rings (SSSR count). The minimum atomic E-state index is -0.360. The standard InChI is InChI=1S/C17H18N6O/c1-11(16-12(2)20-10-21-16)14-7-6-13(9-19-14)22-17(24)23-15-5-3-4-8-18-15/h3-11H,1-2H3,(H,20,21)(H2,18,22,23,24)/t11-/m0/s1. The van der Waals surface area contributed by atoms with Crippen molar-refractivity contribution in [2.24, 2.45) is 0 Å². The zero-order valence-electron chi connectivity index (χ0n) is 13.4. The van der Waals surface area contributed by atoms with Crippen LogP contribution in [0.15, 0.2) is 49.1 Å². The Morgan fingerprint density at radius 3 is 2.62 bits per heavy atom. The number of rotatable bonds is 4. The second-order valence-corrected chi connectivity index (χ2v) is 5.39. The zero-order chi connectivity index (χ0) is 16.9. The molecule has 0 aliphatic carbocycles. The molecule has 0 bridgehead atoms. The van der Waals surface area contributed by atoms with Gasteiger partial charge in [0, 0.05) is 23.5 Å². The van der Waals surface area contributed by atoms with Crippen LogP contribution in [0.5, 0.6) is 0 Å². The summed E-state index contributed by atoms with van der Waals surface area (Å²) in [6, 6.07) is 8.66. The van der Waals surface area contributed by atoms with E-state index in [1.165, 1.54) is 0 Å². The zero-order valence-corrected chi connectivity index (χ0v) is 13.4. The topological polar surface area (TPSA) is 95.6 Å². The Bertz CT molecular complexity index is 813. The maximum absolute atomic E-state index is 11.9. The first-order chi connectivity index (χ1) is 11.6. The van der Waals surface area contributed by atoms with E-state index in [0.717, 1.165) is 17.1 Å². The maximum atomic E-state index is 11.9. The molecule has 0 unspecified atom stereocenters. The summed E-state index contributed by atoms with van der Waals surface area (Å²) in [5.41, 5.74) is 3.51. The fraction of sp³-hybridized carbons (Fsp3) is 0.176. The summed E-state index contributed by atoms with van der Waals surface area (Å²) in [6.07, 6.45) is 4.93. The van der Waals surface area contributed by atoms with Crippen molar-refractivity contribution in [1.29, 1.82) is 0 Å². The van der Waals surface area contributed by atoms with Crippen LogP contribution in [-0.2, 0) is 0 Å². The van der Waals surface area contributed by atoms with Crippen LogP contribution in [0.3, 0.4) is 0 Å². The molecule has 24 heavy (non-hydrogen) atoms. The van der Waals surface area contributed by atoms with Gasteiger partial charge in [0.1, 0.15) is 5.82 Å². The molecular formula is C17H18N6O. The van der Waals surface area contributed by atoms with Crippen LogP contribution in [0.4, 0.5) is 16.3 Å². The normalized spacial score (nSPS) is 11.8. The monoisotopic (exact) mass is 322 g/mol. The average Bonchev–Trinajstić information content (AvgIpc) is 3.02. The highest BCUT2D eigenvalue weighted by Gasteiger charge is 2.14. The molecule has 3 aromatic rings. The van der Waals surface area contributed by atoms with Crippen LogP contribution < -0.4 is 10.6 Å². The van der Waals surface area contributed by atoms with Gasteiger partial charge in [0.25, 0.3) is 0 Å². The van der Waals surface area contributed by atoms with Crippen molar-refractivity contribution >= 4 is 17.5 Å². The molecule has 7 nitrogen and oxygen atoms in total. The fourth-order valence-electron chi connectivity index (χ4n) is 2.41. The van der Waals surface area contributed by atoms with Gasteiger partial charge in [-0.05, 0) is 31.2 Å². The number of nitrogens with zero attached hydrogens (tertiary/aromatic N) is 3. The molecule has 0 saturated carbocycles. The van der Waals surface area contributed by atoms with Crippen molar-refractivity contribution < 1.29 is 4.79 Å². The minimum absolute atomic E-state index is 0.101. The molecule has 0 radical (unpaired) electrons. The van der Waals surface area contributed by atoms with Gasteiger partial charge < -0.3 is 10.3 Å². The number of carbonyl (C=O) groups is 1. The second kappa shape index (κ2) is 6.91. The van der Waals surface area contributed by atoms with E-state index >= 15 is 0 Å². The highest BCUT2D eigenvalue weighted by Crippen LogP contribution is 2.23. The molecule has 0 saturated heterocycles. The van der Waals surface area contributed by atoms with Crippen LogP contribution in [0.1, 0.15) is 29.9 Å². The molecule has 0 aromatic carbocycles. The molecule has 3 aromatic heterocycles. The van der Waals surface area contributed by atoms with Gasteiger partial charge in [0.15, 0.2) is 0 Å². The number of hydrogen-bond donors (Lipinski definition) is 3. The molecule has 0 spiro atoms. The number of urea groups is 1. The van der Waals surface area contributed by atoms with Crippen LogP contribution in [0, 0.1) is 6.92 Å². The van der Waals surface area contributed by atoms with Crippen molar-refractivity contribution in [2.75, 3.05) is 10.6 Å². The summed E-state index contributed by atoms with van der Waals surface area (Å²) in [6.45, 7) is 4.02. The summed E-state index contributed by atoms with van der Waals surface area (Å²) in [7, 11) is 0. The fourth-order valence-corrected chi connectivity index (χ4v) is 2.41. The van der Waals surface area contributed by atoms with Crippen LogP contribution in [-0.4, -0.2) is 26.0 Å². The summed E-state index contributed by atoms with van der Waals surface area (Å²) >= 11 is 0. The van der Waals surface area contributed by atoms with E-state index < -0.39 is 0 Å². The van der Waals surface area contributed by atoms with E-state index in [9.17, 15) is 4.79 Å². The maximum Gasteiger partial charge on any atom is 0.324 e. The molecule has 122 valence electrons. The van der Waals surface area contributed by atoms with Gasteiger partial charge in [-0.3, -0.25) is 10.3 Å². The number of amides is 2. The number of nitrogens with one attached hydrogen (secondary N) is 3. The molecule has 1 atom stereocenters. The SMILES string of the molecule is Cc1nc[nH]c1[C@@H](C)c1ccc(NC(=O)Nc2ccccn2)cn1. The van der Waals surface area contributed by atoms with Gasteiger partial charge in [0.05, 0.1) is 23.9 Å². The van der Waals surface area contributed by atoms with Crippen LogP contribution >= 0.6 is 0 Å². The van der Waals surface area contributed by atoms with Gasteiger partial charge in [0.2, 0.25) is 0 Å². The molecule has 7 heteroatoms. The Morgan fingerprint density at radius 1 is 1.12 bits per heavy atom. The van der Waals surface area contributed by atoms with Crippen molar-refractivity contribution in [3.05, 3.63) is 66.1 Å². The van der Waals surface area contributed by atoms with E-state index in [-0.39, 0.29) is 11.9 Å². The lowest BCUT2D eigenvalue weighted by atomic mass is 10.0. The number of aryl methyl sites for hydroxylation is 1. The average molecular weight is 322 g/mol. The first-order valence-electron chi connectivity index (χ1n) is 7.58. The number of anilines is 2. The van der Waals surface area contributed by atoms with Gasteiger partial charge in [-0.1, -0.05) is 13.0 Å². The number of H-pyrrole nitrogens is 1. The van der Waals surface area contributed by atoms with Gasteiger partial charge >= 0.3 is 6.03 Å². The Morgan fingerprint density at radius 2 is 2.00 bits per heavy atom. The van der Waals surface area contributed by atoms with E-state index in [0.29, 0.717) is 11.5 Å². The Hall–Kier alpha value is -3.22. The third kappa shape index (κ3) is 3.57. The van der Waals surface area contributed by atoms with Crippen molar-refractivity contribution in [3.63, 3.8) is 0 Å². The van der Waals surface area contributed by atoms with E-state index in [4.69, 9.17) is 0 Å². The number of carbonyl (C=O) groups excluding carboxylic acids is 1. The molecular weight excluding hydrogens is 304 g/mol. The summed E-state index contributed by atoms with van der Waals surface area (Å²) in [5.74, 6) is 0.590. The van der Waals surface area contributed by atoms with E-state index in [2.05, 4.69) is 37.5 Å². The Labute approximate surface area is 139 Å². The van der Waals surface area contributed by atoms with Crippen molar-refractivity contribution in [3.8, 4) is 0 Å². The third-order valence-electron chi connectivity index (χ3n) is 3.70. The molecule has 0 aliphatic rings. The number of aromatic amines is 1. The van der Waals surface area contributed by atoms with Crippen molar-refractivity contribution in [1.82, 2.24) is 19.9 Å². The minimum Gasteiger partial charge on any atom is -0.348 e. The third-order valence-corrected chi connectivity index (χ3v) is 3.70. The second-order valence-electron chi connectivity index (χ2n) is 5.39. The number of hydrogen-bond acceptors (Lipinski definition) is 4.